The predicted molar refractivity (Wildman–Crippen MR) is 92.2 cm³/mol. The molecule has 0 aromatic heterocycles. The van der Waals surface area contributed by atoms with E-state index < -0.39 is 16.1 Å². The smallest absolute Gasteiger partial charge is 0.265 e. The first-order chi connectivity index (χ1) is 11.3. The number of nitrogens with one attached hydrogen (secondary N) is 2. The standard InChI is InChI=1S/C16H15ClN2O4S/c1-9-3-4-11(7-13(9)17)19-24(21,22)12-5-6-15-14(8-12)18-16(20)10(2)23-15/h3-8,10,19H,1-2H3,(H,18,20). The van der Waals surface area contributed by atoms with Gasteiger partial charge in [-0.1, -0.05) is 17.7 Å². The van der Waals surface area contributed by atoms with Gasteiger partial charge >= 0.3 is 0 Å². The summed E-state index contributed by atoms with van der Waals surface area (Å²) in [4.78, 5) is 11.7. The Morgan fingerprint density at radius 3 is 2.67 bits per heavy atom. The molecule has 1 atom stereocenters. The highest BCUT2D eigenvalue weighted by Crippen LogP contribution is 2.32. The Labute approximate surface area is 144 Å². The number of sulfonamides is 1. The molecular weight excluding hydrogens is 352 g/mol. The lowest BCUT2D eigenvalue weighted by Gasteiger charge is -2.23. The van der Waals surface area contributed by atoms with Crippen molar-refractivity contribution in [3.8, 4) is 5.75 Å². The van der Waals surface area contributed by atoms with Crippen LogP contribution in [0.5, 0.6) is 5.75 Å². The molecule has 1 amide bonds. The van der Waals surface area contributed by atoms with Gasteiger partial charge in [-0.15, -0.1) is 0 Å². The number of carbonyl (C=O) groups excluding carboxylic acids is 1. The molecule has 3 rings (SSSR count). The molecule has 1 aliphatic heterocycles. The molecule has 126 valence electrons. The third kappa shape index (κ3) is 3.18. The van der Waals surface area contributed by atoms with Gasteiger partial charge in [-0.05, 0) is 49.7 Å². The van der Waals surface area contributed by atoms with Crippen molar-refractivity contribution in [2.24, 2.45) is 0 Å². The zero-order valence-electron chi connectivity index (χ0n) is 13.0. The van der Waals surface area contributed by atoms with E-state index in [1.54, 1.807) is 25.1 Å². The van der Waals surface area contributed by atoms with Gasteiger partial charge in [0.25, 0.3) is 15.9 Å². The van der Waals surface area contributed by atoms with Crippen LogP contribution in [0.4, 0.5) is 11.4 Å². The zero-order valence-corrected chi connectivity index (χ0v) is 14.5. The van der Waals surface area contributed by atoms with Crippen molar-refractivity contribution < 1.29 is 17.9 Å². The zero-order chi connectivity index (χ0) is 17.5. The maximum atomic E-state index is 12.5. The van der Waals surface area contributed by atoms with Crippen LogP contribution in [0.15, 0.2) is 41.3 Å². The molecule has 0 saturated carbocycles. The predicted octanol–water partition coefficient (Wildman–Crippen LogP) is 3.17. The van der Waals surface area contributed by atoms with E-state index in [0.717, 1.165) is 5.56 Å². The summed E-state index contributed by atoms with van der Waals surface area (Å²) in [5.41, 5.74) is 1.53. The van der Waals surface area contributed by atoms with Gasteiger partial charge in [0.1, 0.15) is 5.75 Å². The highest BCUT2D eigenvalue weighted by Gasteiger charge is 2.25. The molecule has 0 aliphatic carbocycles. The number of carbonyl (C=O) groups is 1. The van der Waals surface area contributed by atoms with Gasteiger partial charge in [0.05, 0.1) is 16.3 Å². The van der Waals surface area contributed by atoms with Gasteiger partial charge in [0, 0.05) is 5.02 Å². The third-order valence-corrected chi connectivity index (χ3v) is 5.40. The summed E-state index contributed by atoms with van der Waals surface area (Å²) in [5, 5.41) is 3.09. The van der Waals surface area contributed by atoms with Crippen molar-refractivity contribution >= 4 is 38.9 Å². The molecule has 2 aromatic rings. The number of halogens is 1. The summed E-state index contributed by atoms with van der Waals surface area (Å²) in [6.07, 6.45) is -0.618. The van der Waals surface area contributed by atoms with Crippen LogP contribution in [0.3, 0.4) is 0 Å². The minimum absolute atomic E-state index is 0.0106. The molecule has 8 heteroatoms. The van der Waals surface area contributed by atoms with E-state index in [1.165, 1.54) is 18.2 Å². The number of amides is 1. The Kier molecular flexibility index (Phi) is 4.15. The number of benzene rings is 2. The highest BCUT2D eigenvalue weighted by molar-refractivity contribution is 7.92. The maximum Gasteiger partial charge on any atom is 0.265 e. The number of hydrogen-bond acceptors (Lipinski definition) is 4. The summed E-state index contributed by atoms with van der Waals surface area (Å²) in [7, 11) is -3.82. The number of rotatable bonds is 3. The second-order valence-corrected chi connectivity index (χ2v) is 7.57. The van der Waals surface area contributed by atoms with E-state index in [-0.39, 0.29) is 10.8 Å². The van der Waals surface area contributed by atoms with E-state index in [1.807, 2.05) is 6.92 Å². The van der Waals surface area contributed by atoms with E-state index >= 15 is 0 Å². The Balaban J connectivity index is 1.91. The minimum Gasteiger partial charge on any atom is -0.479 e. The lowest BCUT2D eigenvalue weighted by atomic mass is 10.2. The van der Waals surface area contributed by atoms with Gasteiger partial charge in [-0.25, -0.2) is 8.42 Å². The number of anilines is 2. The Morgan fingerprint density at radius 1 is 1.21 bits per heavy atom. The van der Waals surface area contributed by atoms with E-state index in [9.17, 15) is 13.2 Å². The van der Waals surface area contributed by atoms with Gasteiger partial charge in [-0.3, -0.25) is 9.52 Å². The molecule has 0 bridgehead atoms. The Hall–Kier alpha value is -2.25. The average Bonchev–Trinajstić information content (AvgIpc) is 2.51. The first kappa shape index (κ1) is 16.6. The number of fused-ring (bicyclic) bond motifs is 1. The summed E-state index contributed by atoms with van der Waals surface area (Å²) in [6.45, 7) is 3.44. The fourth-order valence-corrected chi connectivity index (χ4v) is 3.48. The lowest BCUT2D eigenvalue weighted by molar-refractivity contribution is -0.122. The number of hydrogen-bond donors (Lipinski definition) is 2. The summed E-state index contributed by atoms with van der Waals surface area (Å²) in [6, 6.07) is 9.19. The topological polar surface area (TPSA) is 84.5 Å². The van der Waals surface area contributed by atoms with Crippen molar-refractivity contribution in [1.29, 1.82) is 0 Å². The molecule has 2 aromatic carbocycles. The summed E-state index contributed by atoms with van der Waals surface area (Å²) < 4.78 is 32.9. The first-order valence-electron chi connectivity index (χ1n) is 7.17. The highest BCUT2D eigenvalue weighted by atomic mass is 35.5. The van der Waals surface area contributed by atoms with Gasteiger partial charge in [-0.2, -0.15) is 0 Å². The van der Waals surface area contributed by atoms with Crippen LogP contribution in [-0.2, 0) is 14.8 Å². The van der Waals surface area contributed by atoms with Crippen LogP contribution in [0.2, 0.25) is 5.02 Å². The monoisotopic (exact) mass is 366 g/mol. The van der Waals surface area contributed by atoms with Gasteiger partial charge in [0.15, 0.2) is 6.10 Å². The summed E-state index contributed by atoms with van der Waals surface area (Å²) in [5.74, 6) is 0.106. The SMILES string of the molecule is Cc1ccc(NS(=O)(=O)c2ccc3c(c2)NC(=O)C(C)O3)cc1Cl. The number of aryl methyl sites for hydroxylation is 1. The van der Waals surface area contributed by atoms with Crippen LogP contribution in [0.1, 0.15) is 12.5 Å². The summed E-state index contributed by atoms with van der Waals surface area (Å²) >= 11 is 6.01. The van der Waals surface area contributed by atoms with Crippen LogP contribution in [0, 0.1) is 6.92 Å². The molecular formula is C16H15ClN2O4S. The van der Waals surface area contributed by atoms with Crippen LogP contribution < -0.4 is 14.8 Å². The largest absolute Gasteiger partial charge is 0.479 e. The maximum absolute atomic E-state index is 12.5. The molecule has 0 spiro atoms. The Bertz CT molecular complexity index is 928. The second kappa shape index (κ2) is 5.99. The van der Waals surface area contributed by atoms with Crippen molar-refractivity contribution in [1.82, 2.24) is 0 Å². The van der Waals surface area contributed by atoms with Gasteiger partial charge < -0.3 is 10.1 Å². The molecule has 0 fully saturated rings. The van der Waals surface area contributed by atoms with E-state index in [0.29, 0.717) is 22.1 Å². The molecule has 24 heavy (non-hydrogen) atoms. The van der Waals surface area contributed by atoms with Crippen molar-refractivity contribution in [3.05, 3.63) is 47.0 Å². The quantitative estimate of drug-likeness (QED) is 0.873. The van der Waals surface area contributed by atoms with Crippen molar-refractivity contribution in [2.75, 3.05) is 10.0 Å². The molecule has 1 unspecified atom stereocenters. The second-order valence-electron chi connectivity index (χ2n) is 5.48. The normalized spacial score (nSPS) is 16.8. The molecule has 0 saturated heterocycles. The van der Waals surface area contributed by atoms with E-state index in [4.69, 9.17) is 16.3 Å². The third-order valence-electron chi connectivity index (χ3n) is 3.62. The van der Waals surface area contributed by atoms with Crippen molar-refractivity contribution in [3.63, 3.8) is 0 Å². The van der Waals surface area contributed by atoms with Gasteiger partial charge in [0.2, 0.25) is 0 Å². The fraction of sp³-hybridized carbons (Fsp3) is 0.188. The Morgan fingerprint density at radius 2 is 1.96 bits per heavy atom. The van der Waals surface area contributed by atoms with Crippen LogP contribution >= 0.6 is 11.6 Å². The molecule has 1 aliphatic rings. The minimum atomic E-state index is -3.82. The molecule has 1 heterocycles. The molecule has 6 nitrogen and oxygen atoms in total. The van der Waals surface area contributed by atoms with E-state index in [2.05, 4.69) is 10.0 Å². The molecule has 0 radical (unpaired) electrons. The van der Waals surface area contributed by atoms with Crippen LogP contribution in [-0.4, -0.2) is 20.4 Å². The lowest BCUT2D eigenvalue weighted by Crippen LogP contribution is -2.34. The fourth-order valence-electron chi connectivity index (χ4n) is 2.23. The first-order valence-corrected chi connectivity index (χ1v) is 9.03. The average molecular weight is 367 g/mol. The van der Waals surface area contributed by atoms with Crippen LogP contribution in [0.25, 0.3) is 0 Å². The van der Waals surface area contributed by atoms with Crippen molar-refractivity contribution in [2.45, 2.75) is 24.8 Å². The molecule has 2 N–H and O–H groups in total. The number of ether oxygens (including phenoxy) is 1.